The van der Waals surface area contributed by atoms with Crippen LogP contribution in [-0.2, 0) is 0 Å². The summed E-state index contributed by atoms with van der Waals surface area (Å²) in [6, 6.07) is 2.66. The number of hydrogen-bond acceptors (Lipinski definition) is 3. The summed E-state index contributed by atoms with van der Waals surface area (Å²) in [5.74, 6) is 0.888. The minimum Gasteiger partial charge on any atom is -0.396 e. The van der Waals surface area contributed by atoms with Crippen LogP contribution in [0.1, 0.15) is 39.0 Å². The number of nitrogen functional groups attached to an aromatic ring is 1. The monoisotopic (exact) mass is 233 g/mol. The van der Waals surface area contributed by atoms with E-state index in [0.29, 0.717) is 6.04 Å². The lowest BCUT2D eigenvalue weighted by Gasteiger charge is -2.36. The lowest BCUT2D eigenvalue weighted by atomic mass is 9.83. The number of nitrogens with zero attached hydrogens (tertiary/aromatic N) is 2. The molecule has 0 aromatic carbocycles. The summed E-state index contributed by atoms with van der Waals surface area (Å²) in [4.78, 5) is 6.40. The van der Waals surface area contributed by atoms with Crippen LogP contribution >= 0.6 is 0 Å². The van der Waals surface area contributed by atoms with Crippen molar-refractivity contribution in [1.82, 2.24) is 4.98 Å². The fraction of sp³-hybridized carbons (Fsp3) is 0.643. The maximum absolute atomic E-state index is 5.99. The summed E-state index contributed by atoms with van der Waals surface area (Å²) < 4.78 is 0. The third-order valence-corrected chi connectivity index (χ3v) is 4.09. The molecule has 0 bridgehead atoms. The molecule has 1 aromatic heterocycles. The number of pyridine rings is 1. The van der Waals surface area contributed by atoms with E-state index in [1.807, 2.05) is 12.3 Å². The van der Waals surface area contributed by atoms with E-state index in [0.717, 1.165) is 17.3 Å². The molecule has 1 fully saturated rings. The summed E-state index contributed by atoms with van der Waals surface area (Å²) in [6.07, 6.45) is 10.2. The quantitative estimate of drug-likeness (QED) is 0.872. The second-order valence-electron chi connectivity index (χ2n) is 5.14. The van der Waals surface area contributed by atoms with Gasteiger partial charge in [0.15, 0.2) is 0 Å². The lowest BCUT2D eigenvalue weighted by Crippen LogP contribution is -2.36. The van der Waals surface area contributed by atoms with E-state index in [1.54, 1.807) is 6.20 Å². The van der Waals surface area contributed by atoms with E-state index in [1.165, 1.54) is 32.1 Å². The second-order valence-corrected chi connectivity index (χ2v) is 5.14. The van der Waals surface area contributed by atoms with Crippen LogP contribution in [-0.4, -0.2) is 18.1 Å². The molecule has 3 heteroatoms. The fourth-order valence-electron chi connectivity index (χ4n) is 2.90. The molecule has 2 atom stereocenters. The second kappa shape index (κ2) is 5.39. The molecule has 0 spiro atoms. The Hall–Kier alpha value is -1.25. The normalized spacial score (nSPS) is 24.6. The van der Waals surface area contributed by atoms with Crippen molar-refractivity contribution in [3.05, 3.63) is 18.5 Å². The van der Waals surface area contributed by atoms with Crippen molar-refractivity contribution in [2.75, 3.05) is 17.7 Å². The molecule has 3 nitrogen and oxygen atoms in total. The van der Waals surface area contributed by atoms with Crippen molar-refractivity contribution in [2.24, 2.45) is 5.92 Å². The molecule has 0 radical (unpaired) electrons. The van der Waals surface area contributed by atoms with E-state index in [4.69, 9.17) is 5.73 Å². The first-order valence-corrected chi connectivity index (χ1v) is 6.64. The van der Waals surface area contributed by atoms with Crippen molar-refractivity contribution in [1.29, 1.82) is 0 Å². The Labute approximate surface area is 104 Å². The van der Waals surface area contributed by atoms with Crippen LogP contribution in [0.2, 0.25) is 0 Å². The van der Waals surface area contributed by atoms with Crippen LogP contribution in [0, 0.1) is 5.92 Å². The van der Waals surface area contributed by atoms with Gasteiger partial charge in [-0.3, -0.25) is 4.98 Å². The molecule has 94 valence electrons. The highest BCUT2D eigenvalue weighted by Gasteiger charge is 2.24. The van der Waals surface area contributed by atoms with Gasteiger partial charge in [0.1, 0.15) is 0 Å². The first-order chi connectivity index (χ1) is 8.22. The van der Waals surface area contributed by atoms with Crippen molar-refractivity contribution in [3.63, 3.8) is 0 Å². The number of anilines is 2. The van der Waals surface area contributed by atoms with E-state index in [2.05, 4.69) is 23.9 Å². The van der Waals surface area contributed by atoms with E-state index >= 15 is 0 Å². The van der Waals surface area contributed by atoms with Crippen LogP contribution in [0.5, 0.6) is 0 Å². The van der Waals surface area contributed by atoms with Gasteiger partial charge in [-0.2, -0.15) is 0 Å². The minimum absolute atomic E-state index is 0.637. The van der Waals surface area contributed by atoms with Gasteiger partial charge in [-0.25, -0.2) is 0 Å². The van der Waals surface area contributed by atoms with Gasteiger partial charge in [-0.1, -0.05) is 26.2 Å². The van der Waals surface area contributed by atoms with Crippen LogP contribution in [0.3, 0.4) is 0 Å². The molecule has 1 heterocycles. The molecule has 0 aliphatic heterocycles. The van der Waals surface area contributed by atoms with Crippen molar-refractivity contribution in [3.8, 4) is 0 Å². The Kier molecular flexibility index (Phi) is 3.87. The Morgan fingerprint density at radius 3 is 3.00 bits per heavy atom. The number of hydrogen-bond donors (Lipinski definition) is 1. The highest BCUT2D eigenvalue weighted by Crippen LogP contribution is 2.32. The average molecular weight is 233 g/mol. The molecule has 2 unspecified atom stereocenters. The summed E-state index contributed by atoms with van der Waals surface area (Å²) in [5.41, 5.74) is 7.90. The Bertz CT molecular complexity index is 364. The molecule has 2 rings (SSSR count). The van der Waals surface area contributed by atoms with Crippen molar-refractivity contribution >= 4 is 11.4 Å². The molecule has 1 saturated carbocycles. The number of rotatable bonds is 3. The van der Waals surface area contributed by atoms with Gasteiger partial charge in [0.2, 0.25) is 0 Å². The smallest absolute Gasteiger partial charge is 0.0738 e. The summed E-state index contributed by atoms with van der Waals surface area (Å²) >= 11 is 0. The molecule has 17 heavy (non-hydrogen) atoms. The summed E-state index contributed by atoms with van der Waals surface area (Å²) in [6.45, 7) is 2.30. The number of aromatic nitrogens is 1. The zero-order valence-electron chi connectivity index (χ0n) is 10.9. The van der Waals surface area contributed by atoms with E-state index < -0.39 is 0 Å². The third kappa shape index (κ3) is 2.71. The van der Waals surface area contributed by atoms with Crippen LogP contribution < -0.4 is 10.6 Å². The van der Waals surface area contributed by atoms with Gasteiger partial charge in [-0.05, 0) is 24.8 Å². The van der Waals surface area contributed by atoms with E-state index in [-0.39, 0.29) is 0 Å². The zero-order chi connectivity index (χ0) is 12.3. The molecule has 1 aliphatic rings. The minimum atomic E-state index is 0.637. The molecular formula is C14H23N3. The van der Waals surface area contributed by atoms with Crippen molar-refractivity contribution < 1.29 is 0 Å². The largest absolute Gasteiger partial charge is 0.396 e. The van der Waals surface area contributed by atoms with E-state index in [9.17, 15) is 0 Å². The van der Waals surface area contributed by atoms with Gasteiger partial charge >= 0.3 is 0 Å². The molecule has 0 amide bonds. The first kappa shape index (κ1) is 12.2. The SMILES string of the molecule is CCC1CCCC(N(C)c2ccncc2N)C1. The van der Waals surface area contributed by atoms with Gasteiger partial charge in [0, 0.05) is 19.3 Å². The molecular weight excluding hydrogens is 210 g/mol. The topological polar surface area (TPSA) is 42.2 Å². The Morgan fingerprint density at radius 2 is 2.29 bits per heavy atom. The molecule has 2 N–H and O–H groups in total. The molecule has 1 aromatic rings. The highest BCUT2D eigenvalue weighted by atomic mass is 15.1. The maximum atomic E-state index is 5.99. The lowest BCUT2D eigenvalue weighted by molar-refractivity contribution is 0.309. The zero-order valence-corrected chi connectivity index (χ0v) is 10.9. The van der Waals surface area contributed by atoms with Gasteiger partial charge in [0.25, 0.3) is 0 Å². The Morgan fingerprint density at radius 1 is 1.47 bits per heavy atom. The predicted octanol–water partition coefficient (Wildman–Crippen LogP) is 3.07. The Balaban J connectivity index is 2.09. The molecule has 1 aliphatic carbocycles. The maximum Gasteiger partial charge on any atom is 0.0738 e. The van der Waals surface area contributed by atoms with Gasteiger partial charge in [0.05, 0.1) is 17.6 Å². The fourth-order valence-corrected chi connectivity index (χ4v) is 2.90. The standard InChI is InChI=1S/C14H23N3/c1-3-11-5-4-6-12(9-11)17(2)14-7-8-16-10-13(14)15/h7-8,10-12H,3-6,9,15H2,1-2H3. The number of nitrogens with two attached hydrogens (primary N) is 1. The first-order valence-electron chi connectivity index (χ1n) is 6.64. The average Bonchev–Trinajstić information content (AvgIpc) is 2.38. The molecule has 0 saturated heterocycles. The third-order valence-electron chi connectivity index (χ3n) is 4.09. The van der Waals surface area contributed by atoms with Crippen molar-refractivity contribution in [2.45, 2.75) is 45.1 Å². The highest BCUT2D eigenvalue weighted by molar-refractivity contribution is 5.66. The van der Waals surface area contributed by atoms with Crippen LogP contribution in [0.4, 0.5) is 11.4 Å². The van der Waals surface area contributed by atoms with Gasteiger partial charge < -0.3 is 10.6 Å². The van der Waals surface area contributed by atoms with Crippen LogP contribution in [0.15, 0.2) is 18.5 Å². The summed E-state index contributed by atoms with van der Waals surface area (Å²) in [5, 5.41) is 0. The van der Waals surface area contributed by atoms with Gasteiger partial charge in [-0.15, -0.1) is 0 Å². The predicted molar refractivity (Wildman–Crippen MR) is 73.1 cm³/mol. The summed E-state index contributed by atoms with van der Waals surface area (Å²) in [7, 11) is 2.16. The van der Waals surface area contributed by atoms with Crippen LogP contribution in [0.25, 0.3) is 0 Å².